The molecule has 5 nitrogen and oxygen atoms in total. The third-order valence-electron chi connectivity index (χ3n) is 3.54. The van der Waals surface area contributed by atoms with Gasteiger partial charge >= 0.3 is 0 Å². The molecule has 0 spiro atoms. The van der Waals surface area contributed by atoms with Crippen LogP contribution in [0.25, 0.3) is 0 Å². The maximum absolute atomic E-state index is 5.41. The summed E-state index contributed by atoms with van der Waals surface area (Å²) in [6.45, 7) is 2.11. The number of methoxy groups -OCH3 is 1. The van der Waals surface area contributed by atoms with Gasteiger partial charge in [-0.2, -0.15) is 4.98 Å². The van der Waals surface area contributed by atoms with E-state index in [0.717, 1.165) is 12.8 Å². The molecule has 0 saturated carbocycles. The molecule has 0 radical (unpaired) electrons. The maximum atomic E-state index is 5.41. The second kappa shape index (κ2) is 7.90. The van der Waals surface area contributed by atoms with E-state index in [2.05, 4.69) is 34.5 Å². The summed E-state index contributed by atoms with van der Waals surface area (Å²) in [6, 6.07) is 10.4. The molecular formula is C16H23N3O2. The van der Waals surface area contributed by atoms with E-state index in [9.17, 15) is 0 Å². The quantitative estimate of drug-likeness (QED) is 0.809. The number of rotatable bonds is 8. The zero-order valence-electron chi connectivity index (χ0n) is 12.9. The Labute approximate surface area is 125 Å². The van der Waals surface area contributed by atoms with Gasteiger partial charge in [0.25, 0.3) is 0 Å². The summed E-state index contributed by atoms with van der Waals surface area (Å²) in [4.78, 5) is 4.47. The summed E-state index contributed by atoms with van der Waals surface area (Å²) in [5, 5.41) is 7.33. The highest BCUT2D eigenvalue weighted by atomic mass is 16.5. The number of nitrogens with one attached hydrogen (secondary N) is 1. The molecule has 0 aliphatic heterocycles. The Kier molecular flexibility index (Phi) is 5.90. The van der Waals surface area contributed by atoms with Gasteiger partial charge in [-0.25, -0.2) is 0 Å². The Bertz CT molecular complexity index is 527. The highest BCUT2D eigenvalue weighted by Crippen LogP contribution is 2.21. The molecule has 1 heterocycles. The average Bonchev–Trinajstić information content (AvgIpc) is 2.99. The predicted molar refractivity (Wildman–Crippen MR) is 80.9 cm³/mol. The van der Waals surface area contributed by atoms with Crippen LogP contribution < -0.4 is 5.32 Å². The molecule has 0 amide bonds. The minimum atomic E-state index is -0.0859. The maximum Gasteiger partial charge on any atom is 0.228 e. The Balaban J connectivity index is 2.07. The van der Waals surface area contributed by atoms with Crippen LogP contribution in [0, 0.1) is 0 Å². The van der Waals surface area contributed by atoms with Crippen molar-refractivity contribution in [3.8, 4) is 0 Å². The molecule has 0 bridgehead atoms. The number of ether oxygens (including phenoxy) is 1. The highest BCUT2D eigenvalue weighted by molar-refractivity contribution is 5.19. The van der Waals surface area contributed by atoms with Gasteiger partial charge in [-0.05, 0) is 19.0 Å². The Hall–Kier alpha value is -1.72. The van der Waals surface area contributed by atoms with Gasteiger partial charge in [0.05, 0.1) is 0 Å². The van der Waals surface area contributed by atoms with Crippen LogP contribution in [0.15, 0.2) is 34.9 Å². The molecule has 2 aromatic rings. The van der Waals surface area contributed by atoms with Crippen LogP contribution in [0.3, 0.4) is 0 Å². The lowest BCUT2D eigenvalue weighted by Gasteiger charge is -2.14. The van der Waals surface area contributed by atoms with E-state index in [1.54, 1.807) is 7.11 Å². The Morgan fingerprint density at radius 2 is 2.05 bits per heavy atom. The van der Waals surface area contributed by atoms with Crippen LogP contribution in [-0.4, -0.2) is 24.3 Å². The van der Waals surface area contributed by atoms with E-state index in [1.807, 2.05) is 25.2 Å². The van der Waals surface area contributed by atoms with Crippen molar-refractivity contribution in [2.75, 3.05) is 14.2 Å². The monoisotopic (exact) mass is 289 g/mol. The molecule has 2 unspecified atom stereocenters. The van der Waals surface area contributed by atoms with Crippen LogP contribution in [0.2, 0.25) is 0 Å². The summed E-state index contributed by atoms with van der Waals surface area (Å²) in [5.74, 6) is 1.27. The molecule has 114 valence electrons. The van der Waals surface area contributed by atoms with Crippen LogP contribution >= 0.6 is 0 Å². The predicted octanol–water partition coefficient (Wildman–Crippen LogP) is 3.06. The SMILES string of the molecule is CCCC(OC)c1noc(CC(NC)c2ccccc2)n1. The van der Waals surface area contributed by atoms with Gasteiger partial charge in [0, 0.05) is 19.6 Å². The lowest BCUT2D eigenvalue weighted by atomic mass is 10.0. The third kappa shape index (κ3) is 4.12. The third-order valence-corrected chi connectivity index (χ3v) is 3.54. The highest BCUT2D eigenvalue weighted by Gasteiger charge is 2.19. The number of benzene rings is 1. The van der Waals surface area contributed by atoms with Crippen molar-refractivity contribution in [3.05, 3.63) is 47.6 Å². The van der Waals surface area contributed by atoms with E-state index < -0.39 is 0 Å². The van der Waals surface area contributed by atoms with Gasteiger partial charge in [0.15, 0.2) is 0 Å². The van der Waals surface area contributed by atoms with Gasteiger partial charge in [-0.15, -0.1) is 0 Å². The van der Waals surface area contributed by atoms with Gasteiger partial charge < -0.3 is 14.6 Å². The minimum absolute atomic E-state index is 0.0859. The minimum Gasteiger partial charge on any atom is -0.373 e. The van der Waals surface area contributed by atoms with Crippen molar-refractivity contribution in [1.82, 2.24) is 15.5 Å². The standard InChI is InChI=1S/C16H23N3O2/c1-4-8-14(20-3)16-18-15(21-19-16)11-13(17-2)12-9-6-5-7-10-12/h5-7,9-10,13-14,17H,4,8,11H2,1-3H3. The summed E-state index contributed by atoms with van der Waals surface area (Å²) in [6.07, 6.45) is 2.49. The first kappa shape index (κ1) is 15.7. The molecule has 0 aliphatic carbocycles. The molecule has 1 aromatic carbocycles. The number of hydrogen-bond acceptors (Lipinski definition) is 5. The topological polar surface area (TPSA) is 60.2 Å². The van der Waals surface area contributed by atoms with Crippen molar-refractivity contribution >= 4 is 0 Å². The zero-order valence-corrected chi connectivity index (χ0v) is 12.9. The van der Waals surface area contributed by atoms with Crippen molar-refractivity contribution in [2.45, 2.75) is 38.3 Å². The van der Waals surface area contributed by atoms with E-state index in [1.165, 1.54) is 5.56 Å². The molecule has 5 heteroatoms. The molecule has 21 heavy (non-hydrogen) atoms. The summed E-state index contributed by atoms with van der Waals surface area (Å²) in [7, 11) is 3.61. The molecule has 0 saturated heterocycles. The molecule has 1 N–H and O–H groups in total. The van der Waals surface area contributed by atoms with E-state index >= 15 is 0 Å². The second-order valence-electron chi connectivity index (χ2n) is 5.02. The molecule has 0 fully saturated rings. The number of likely N-dealkylation sites (N-methyl/N-ethyl adjacent to an activating group) is 1. The van der Waals surface area contributed by atoms with E-state index in [4.69, 9.17) is 9.26 Å². The summed E-state index contributed by atoms with van der Waals surface area (Å²) >= 11 is 0. The van der Waals surface area contributed by atoms with E-state index in [0.29, 0.717) is 18.1 Å². The molecule has 2 rings (SSSR count). The first-order valence-corrected chi connectivity index (χ1v) is 7.36. The fraction of sp³-hybridized carbons (Fsp3) is 0.500. The van der Waals surface area contributed by atoms with Crippen LogP contribution in [-0.2, 0) is 11.2 Å². The van der Waals surface area contributed by atoms with Gasteiger partial charge in [-0.1, -0.05) is 48.8 Å². The Morgan fingerprint density at radius 1 is 1.29 bits per heavy atom. The molecule has 1 aromatic heterocycles. The van der Waals surface area contributed by atoms with Crippen molar-refractivity contribution in [1.29, 1.82) is 0 Å². The largest absolute Gasteiger partial charge is 0.373 e. The number of hydrogen-bond donors (Lipinski definition) is 1. The fourth-order valence-electron chi connectivity index (χ4n) is 2.34. The lowest BCUT2D eigenvalue weighted by molar-refractivity contribution is 0.0854. The van der Waals surface area contributed by atoms with Gasteiger partial charge in [0.1, 0.15) is 6.10 Å². The summed E-state index contributed by atoms with van der Waals surface area (Å²) < 4.78 is 10.8. The zero-order chi connectivity index (χ0) is 15.1. The molecular weight excluding hydrogens is 266 g/mol. The normalized spacial score (nSPS) is 14.0. The fourth-order valence-corrected chi connectivity index (χ4v) is 2.34. The van der Waals surface area contributed by atoms with Gasteiger partial charge in [-0.3, -0.25) is 0 Å². The second-order valence-corrected chi connectivity index (χ2v) is 5.02. The number of aromatic nitrogens is 2. The summed E-state index contributed by atoms with van der Waals surface area (Å²) in [5.41, 5.74) is 1.21. The molecule has 0 aliphatic rings. The molecule has 2 atom stereocenters. The first-order chi connectivity index (χ1) is 10.3. The van der Waals surface area contributed by atoms with Crippen LogP contribution in [0.1, 0.15) is 49.2 Å². The first-order valence-electron chi connectivity index (χ1n) is 7.36. The van der Waals surface area contributed by atoms with Crippen molar-refractivity contribution in [2.24, 2.45) is 0 Å². The van der Waals surface area contributed by atoms with Crippen LogP contribution in [0.4, 0.5) is 0 Å². The average molecular weight is 289 g/mol. The Morgan fingerprint density at radius 3 is 2.67 bits per heavy atom. The van der Waals surface area contributed by atoms with E-state index in [-0.39, 0.29) is 12.1 Å². The smallest absolute Gasteiger partial charge is 0.228 e. The van der Waals surface area contributed by atoms with Gasteiger partial charge in [0.2, 0.25) is 11.7 Å². The van der Waals surface area contributed by atoms with Crippen molar-refractivity contribution in [3.63, 3.8) is 0 Å². The number of nitrogens with zero attached hydrogens (tertiary/aromatic N) is 2. The lowest BCUT2D eigenvalue weighted by Crippen LogP contribution is -2.19. The van der Waals surface area contributed by atoms with Crippen LogP contribution in [0.5, 0.6) is 0 Å². The van der Waals surface area contributed by atoms with Crippen molar-refractivity contribution < 1.29 is 9.26 Å².